The van der Waals surface area contributed by atoms with Gasteiger partial charge in [-0.05, 0) is 12.8 Å². The quantitative estimate of drug-likeness (QED) is 0.861. The molecule has 2 N–H and O–H groups in total. The zero-order valence-corrected chi connectivity index (χ0v) is 12.9. The Bertz CT molecular complexity index is 643. The van der Waals surface area contributed by atoms with E-state index in [1.807, 2.05) is 13.8 Å². The van der Waals surface area contributed by atoms with Gasteiger partial charge in [-0.15, -0.1) is 0 Å². The molecule has 0 spiro atoms. The second-order valence-electron chi connectivity index (χ2n) is 5.55. The minimum absolute atomic E-state index is 0.0119. The van der Waals surface area contributed by atoms with Crippen LogP contribution in [0.15, 0.2) is 6.20 Å². The van der Waals surface area contributed by atoms with E-state index in [2.05, 4.69) is 15.3 Å². The lowest BCUT2D eigenvalue weighted by Gasteiger charge is -2.24. The maximum absolute atomic E-state index is 11.6. The molecule has 116 valence electrons. The maximum Gasteiger partial charge on any atom is 0.356 e. The molecule has 1 unspecified atom stereocenters. The van der Waals surface area contributed by atoms with Crippen molar-refractivity contribution in [3.8, 4) is 0 Å². The average Bonchev–Trinajstić information content (AvgIpc) is 2.37. The first-order valence-corrected chi connectivity index (χ1v) is 8.68. The molecule has 21 heavy (non-hydrogen) atoms. The van der Waals surface area contributed by atoms with Gasteiger partial charge in [0.1, 0.15) is 5.82 Å². The van der Waals surface area contributed by atoms with Crippen LogP contribution < -0.4 is 5.32 Å². The Morgan fingerprint density at radius 2 is 2.19 bits per heavy atom. The standard InChI is InChI=1S/C13H19N3O4S/c1-8(2)12-14-6-10(11(16-12)13(17)18)15-9-4-3-5-21(19,20)7-9/h6,8-9,15H,3-5,7H2,1-2H3,(H,17,18). The number of sulfone groups is 1. The summed E-state index contributed by atoms with van der Waals surface area (Å²) in [5.41, 5.74) is 0.158. The Hall–Kier alpha value is -1.70. The van der Waals surface area contributed by atoms with Gasteiger partial charge in [0, 0.05) is 12.0 Å². The van der Waals surface area contributed by atoms with E-state index in [-0.39, 0.29) is 34.8 Å². The Morgan fingerprint density at radius 3 is 2.76 bits per heavy atom. The van der Waals surface area contributed by atoms with Gasteiger partial charge in [-0.2, -0.15) is 0 Å². The molecule has 8 heteroatoms. The molecule has 1 atom stereocenters. The maximum atomic E-state index is 11.6. The van der Waals surface area contributed by atoms with Crippen molar-refractivity contribution >= 4 is 21.5 Å². The van der Waals surface area contributed by atoms with E-state index >= 15 is 0 Å². The van der Waals surface area contributed by atoms with E-state index in [1.54, 1.807) is 0 Å². The first-order chi connectivity index (χ1) is 9.78. The average molecular weight is 313 g/mol. The molecular weight excluding hydrogens is 294 g/mol. The predicted molar refractivity (Wildman–Crippen MR) is 78.4 cm³/mol. The number of aromatic nitrogens is 2. The number of hydrogen-bond donors (Lipinski definition) is 2. The second-order valence-corrected chi connectivity index (χ2v) is 7.78. The largest absolute Gasteiger partial charge is 0.476 e. The smallest absolute Gasteiger partial charge is 0.356 e. The number of hydrogen-bond acceptors (Lipinski definition) is 6. The van der Waals surface area contributed by atoms with Crippen molar-refractivity contribution in [1.82, 2.24) is 9.97 Å². The van der Waals surface area contributed by atoms with Gasteiger partial charge in [-0.1, -0.05) is 13.8 Å². The van der Waals surface area contributed by atoms with Crippen LogP contribution in [-0.2, 0) is 9.84 Å². The Kier molecular flexibility index (Phi) is 4.46. The van der Waals surface area contributed by atoms with Crippen molar-refractivity contribution < 1.29 is 18.3 Å². The fraction of sp³-hybridized carbons (Fsp3) is 0.615. The Balaban J connectivity index is 2.25. The van der Waals surface area contributed by atoms with E-state index in [1.165, 1.54) is 6.20 Å². The molecule has 1 aromatic heterocycles. The summed E-state index contributed by atoms with van der Waals surface area (Å²) in [6, 6.07) is -0.296. The number of nitrogens with one attached hydrogen (secondary N) is 1. The summed E-state index contributed by atoms with van der Waals surface area (Å²) in [6.45, 7) is 3.75. The van der Waals surface area contributed by atoms with Crippen LogP contribution in [0.3, 0.4) is 0 Å². The van der Waals surface area contributed by atoms with Crippen LogP contribution in [-0.4, -0.2) is 47.0 Å². The second kappa shape index (κ2) is 5.97. The van der Waals surface area contributed by atoms with Gasteiger partial charge in [0.25, 0.3) is 0 Å². The highest BCUT2D eigenvalue weighted by atomic mass is 32.2. The van der Waals surface area contributed by atoms with E-state index in [0.717, 1.165) is 0 Å². The zero-order valence-electron chi connectivity index (χ0n) is 12.0. The summed E-state index contributed by atoms with van der Waals surface area (Å²) < 4.78 is 23.3. The van der Waals surface area contributed by atoms with Crippen LogP contribution in [0.1, 0.15) is 48.9 Å². The van der Waals surface area contributed by atoms with Gasteiger partial charge < -0.3 is 10.4 Å². The van der Waals surface area contributed by atoms with Crippen molar-refractivity contribution in [3.05, 3.63) is 17.7 Å². The molecule has 0 aromatic carbocycles. The lowest BCUT2D eigenvalue weighted by atomic mass is 10.1. The van der Waals surface area contributed by atoms with Crippen LogP contribution in [0.4, 0.5) is 5.69 Å². The normalized spacial score (nSPS) is 21.2. The van der Waals surface area contributed by atoms with Gasteiger partial charge in [0.2, 0.25) is 0 Å². The van der Waals surface area contributed by atoms with E-state index in [4.69, 9.17) is 0 Å². The number of carboxylic acids is 1. The van der Waals surface area contributed by atoms with Gasteiger partial charge in [-0.25, -0.2) is 23.2 Å². The van der Waals surface area contributed by atoms with E-state index in [0.29, 0.717) is 18.7 Å². The summed E-state index contributed by atoms with van der Waals surface area (Å²) in [4.78, 5) is 19.5. The molecule has 0 aliphatic carbocycles. The molecule has 1 aliphatic heterocycles. The topological polar surface area (TPSA) is 109 Å². The third kappa shape index (κ3) is 3.90. The van der Waals surface area contributed by atoms with Crippen molar-refractivity contribution in [3.63, 3.8) is 0 Å². The molecule has 1 fully saturated rings. The Labute approximate surface area is 123 Å². The first-order valence-electron chi connectivity index (χ1n) is 6.85. The number of rotatable bonds is 4. The molecule has 0 radical (unpaired) electrons. The summed E-state index contributed by atoms with van der Waals surface area (Å²) in [5, 5.41) is 12.2. The molecule has 2 rings (SSSR count). The van der Waals surface area contributed by atoms with Gasteiger partial charge in [0.05, 0.1) is 23.4 Å². The molecule has 0 bridgehead atoms. The number of aromatic carboxylic acids is 1. The van der Waals surface area contributed by atoms with Crippen LogP contribution in [0, 0.1) is 0 Å². The monoisotopic (exact) mass is 313 g/mol. The summed E-state index contributed by atoms with van der Waals surface area (Å²) >= 11 is 0. The Morgan fingerprint density at radius 1 is 1.48 bits per heavy atom. The van der Waals surface area contributed by atoms with Gasteiger partial charge in [-0.3, -0.25) is 0 Å². The summed E-state index contributed by atoms with van der Waals surface area (Å²) in [5.74, 6) is -0.473. The molecule has 2 heterocycles. The molecular formula is C13H19N3O4S. The molecule has 1 aromatic rings. The highest BCUT2D eigenvalue weighted by molar-refractivity contribution is 7.91. The third-order valence-electron chi connectivity index (χ3n) is 3.35. The zero-order chi connectivity index (χ0) is 15.6. The third-order valence-corrected chi connectivity index (χ3v) is 5.17. The molecule has 0 amide bonds. The van der Waals surface area contributed by atoms with E-state index < -0.39 is 15.8 Å². The number of anilines is 1. The minimum Gasteiger partial charge on any atom is -0.476 e. The number of nitrogens with zero attached hydrogens (tertiary/aromatic N) is 2. The SMILES string of the molecule is CC(C)c1ncc(NC2CCCS(=O)(=O)C2)c(C(=O)O)n1. The first kappa shape index (κ1) is 15.7. The minimum atomic E-state index is -3.06. The van der Waals surface area contributed by atoms with E-state index in [9.17, 15) is 18.3 Å². The fourth-order valence-electron chi connectivity index (χ4n) is 2.30. The summed E-state index contributed by atoms with van der Waals surface area (Å²) in [7, 11) is -3.06. The highest BCUT2D eigenvalue weighted by Crippen LogP contribution is 2.21. The fourth-order valence-corrected chi connectivity index (χ4v) is 3.94. The van der Waals surface area contributed by atoms with Crippen LogP contribution >= 0.6 is 0 Å². The summed E-state index contributed by atoms with van der Waals surface area (Å²) in [6.07, 6.45) is 2.69. The van der Waals surface area contributed by atoms with Crippen LogP contribution in [0.5, 0.6) is 0 Å². The number of carbonyl (C=O) groups is 1. The van der Waals surface area contributed by atoms with Crippen LogP contribution in [0.25, 0.3) is 0 Å². The lowest BCUT2D eigenvalue weighted by molar-refractivity contribution is 0.0691. The molecule has 7 nitrogen and oxygen atoms in total. The van der Waals surface area contributed by atoms with Crippen LogP contribution in [0.2, 0.25) is 0 Å². The highest BCUT2D eigenvalue weighted by Gasteiger charge is 2.26. The number of carboxylic acid groups (broad SMARTS) is 1. The van der Waals surface area contributed by atoms with Gasteiger partial charge in [0.15, 0.2) is 15.5 Å². The van der Waals surface area contributed by atoms with Crippen molar-refractivity contribution in [2.24, 2.45) is 0 Å². The van der Waals surface area contributed by atoms with Crippen molar-refractivity contribution in [1.29, 1.82) is 0 Å². The van der Waals surface area contributed by atoms with Crippen molar-refractivity contribution in [2.75, 3.05) is 16.8 Å². The molecule has 0 saturated carbocycles. The molecule has 1 saturated heterocycles. The predicted octanol–water partition coefficient (Wildman–Crippen LogP) is 1.29. The lowest BCUT2D eigenvalue weighted by Crippen LogP contribution is -2.35. The van der Waals surface area contributed by atoms with Crippen molar-refractivity contribution in [2.45, 2.75) is 38.6 Å². The van der Waals surface area contributed by atoms with Gasteiger partial charge >= 0.3 is 5.97 Å². The molecule has 1 aliphatic rings.